The van der Waals surface area contributed by atoms with Crippen molar-refractivity contribution in [3.63, 3.8) is 0 Å². The summed E-state index contributed by atoms with van der Waals surface area (Å²) in [6, 6.07) is 6.12. The van der Waals surface area contributed by atoms with E-state index in [9.17, 15) is 9.18 Å². The van der Waals surface area contributed by atoms with Crippen molar-refractivity contribution < 1.29 is 13.9 Å². The van der Waals surface area contributed by atoms with Gasteiger partial charge in [0.1, 0.15) is 11.4 Å². The summed E-state index contributed by atoms with van der Waals surface area (Å²) in [7, 11) is 0. The highest BCUT2D eigenvalue weighted by molar-refractivity contribution is 5.68. The van der Waals surface area contributed by atoms with Crippen molar-refractivity contribution in [1.82, 2.24) is 5.32 Å². The Morgan fingerprint density at radius 3 is 2.50 bits per heavy atom. The SMILES string of the molecule is C=CC[C@H](Cc1ccc(F)cc1)NC(=O)OC(C)(C)C. The number of rotatable bonds is 5. The molecule has 0 aromatic heterocycles. The maximum absolute atomic E-state index is 12.9. The zero-order chi connectivity index (χ0) is 15.2. The van der Waals surface area contributed by atoms with Crippen LogP contribution < -0.4 is 5.32 Å². The van der Waals surface area contributed by atoms with Gasteiger partial charge >= 0.3 is 6.09 Å². The summed E-state index contributed by atoms with van der Waals surface area (Å²) < 4.78 is 18.1. The number of ether oxygens (including phenoxy) is 1. The number of hydrogen-bond acceptors (Lipinski definition) is 2. The van der Waals surface area contributed by atoms with E-state index in [0.717, 1.165) is 5.56 Å². The Morgan fingerprint density at radius 1 is 1.40 bits per heavy atom. The van der Waals surface area contributed by atoms with Gasteiger partial charge in [-0.05, 0) is 51.3 Å². The molecule has 1 aromatic rings. The van der Waals surface area contributed by atoms with Crippen molar-refractivity contribution in [2.45, 2.75) is 45.3 Å². The second-order valence-corrected chi connectivity index (χ2v) is 5.70. The maximum Gasteiger partial charge on any atom is 0.407 e. The van der Waals surface area contributed by atoms with Crippen LogP contribution in [-0.4, -0.2) is 17.7 Å². The van der Waals surface area contributed by atoms with Crippen LogP contribution in [0.15, 0.2) is 36.9 Å². The summed E-state index contributed by atoms with van der Waals surface area (Å²) in [6.07, 6.45) is 2.51. The summed E-state index contributed by atoms with van der Waals surface area (Å²) in [6.45, 7) is 9.13. The van der Waals surface area contributed by atoms with Gasteiger partial charge in [0.05, 0.1) is 0 Å². The Balaban J connectivity index is 2.62. The molecule has 3 nitrogen and oxygen atoms in total. The number of carbonyl (C=O) groups excluding carboxylic acids is 1. The van der Waals surface area contributed by atoms with Crippen molar-refractivity contribution in [2.75, 3.05) is 0 Å². The van der Waals surface area contributed by atoms with Crippen molar-refractivity contribution in [2.24, 2.45) is 0 Å². The highest BCUT2D eigenvalue weighted by atomic mass is 19.1. The lowest BCUT2D eigenvalue weighted by atomic mass is 10.0. The number of nitrogens with one attached hydrogen (secondary N) is 1. The molecule has 4 heteroatoms. The van der Waals surface area contributed by atoms with Gasteiger partial charge in [0.2, 0.25) is 0 Å². The minimum atomic E-state index is -0.529. The monoisotopic (exact) mass is 279 g/mol. The number of hydrogen-bond donors (Lipinski definition) is 1. The second-order valence-electron chi connectivity index (χ2n) is 5.70. The number of halogens is 1. The molecule has 0 aliphatic rings. The van der Waals surface area contributed by atoms with Gasteiger partial charge in [0.25, 0.3) is 0 Å². The van der Waals surface area contributed by atoms with Crippen molar-refractivity contribution >= 4 is 6.09 Å². The molecule has 0 radical (unpaired) electrons. The Kier molecular flexibility index (Phi) is 5.74. The third-order valence-electron chi connectivity index (χ3n) is 2.57. The number of carbonyl (C=O) groups is 1. The van der Waals surface area contributed by atoms with Gasteiger partial charge < -0.3 is 10.1 Å². The van der Waals surface area contributed by atoms with Gasteiger partial charge in [-0.15, -0.1) is 6.58 Å². The highest BCUT2D eigenvalue weighted by Gasteiger charge is 2.19. The number of alkyl carbamates (subject to hydrolysis) is 1. The van der Waals surface area contributed by atoms with Gasteiger partial charge in [-0.3, -0.25) is 0 Å². The molecular formula is C16H22FNO2. The Hall–Kier alpha value is -1.84. The van der Waals surface area contributed by atoms with Crippen molar-refractivity contribution in [3.05, 3.63) is 48.3 Å². The Bertz CT molecular complexity index is 449. The van der Waals surface area contributed by atoms with E-state index < -0.39 is 11.7 Å². The first-order valence-electron chi connectivity index (χ1n) is 6.65. The van der Waals surface area contributed by atoms with Crippen LogP contribution >= 0.6 is 0 Å². The maximum atomic E-state index is 12.9. The summed E-state index contributed by atoms with van der Waals surface area (Å²) in [5.74, 6) is -0.269. The van der Waals surface area contributed by atoms with Gasteiger partial charge in [-0.1, -0.05) is 18.2 Å². The van der Waals surface area contributed by atoms with Crippen LogP contribution in [0.2, 0.25) is 0 Å². The van der Waals surface area contributed by atoms with E-state index in [1.54, 1.807) is 18.2 Å². The van der Waals surface area contributed by atoms with E-state index in [1.165, 1.54) is 12.1 Å². The molecule has 0 aliphatic carbocycles. The Morgan fingerprint density at radius 2 is 2.00 bits per heavy atom. The second kappa shape index (κ2) is 7.08. The minimum Gasteiger partial charge on any atom is -0.444 e. The van der Waals surface area contributed by atoms with E-state index in [1.807, 2.05) is 20.8 Å². The van der Waals surface area contributed by atoms with Crippen LogP contribution in [0, 0.1) is 5.82 Å². The molecule has 0 bridgehead atoms. The van der Waals surface area contributed by atoms with Gasteiger partial charge in [-0.2, -0.15) is 0 Å². The van der Waals surface area contributed by atoms with Crippen LogP contribution in [0.3, 0.4) is 0 Å². The molecule has 0 saturated carbocycles. The van der Waals surface area contributed by atoms with Gasteiger partial charge in [0, 0.05) is 6.04 Å². The van der Waals surface area contributed by atoms with Crippen LogP contribution in [0.5, 0.6) is 0 Å². The fourth-order valence-electron chi connectivity index (χ4n) is 1.77. The standard InChI is InChI=1S/C16H22FNO2/c1-5-6-14(18-15(19)20-16(2,3)4)11-12-7-9-13(17)10-8-12/h5,7-10,14H,1,6,11H2,2-4H3,(H,18,19)/t14-/m1/s1. The molecule has 1 atom stereocenters. The molecule has 0 saturated heterocycles. The zero-order valence-corrected chi connectivity index (χ0v) is 12.3. The predicted octanol–water partition coefficient (Wildman–Crippen LogP) is 3.84. The van der Waals surface area contributed by atoms with E-state index in [0.29, 0.717) is 12.8 Å². The van der Waals surface area contributed by atoms with Crippen LogP contribution in [0.25, 0.3) is 0 Å². The topological polar surface area (TPSA) is 38.3 Å². The third kappa shape index (κ3) is 6.36. The molecule has 0 spiro atoms. The van der Waals surface area contributed by atoms with Gasteiger partial charge in [0.15, 0.2) is 0 Å². The average Bonchev–Trinajstić information content (AvgIpc) is 2.30. The van der Waals surface area contributed by atoms with E-state index in [4.69, 9.17) is 4.74 Å². The first-order valence-corrected chi connectivity index (χ1v) is 6.65. The van der Waals surface area contributed by atoms with Crippen molar-refractivity contribution in [1.29, 1.82) is 0 Å². The number of amides is 1. The smallest absolute Gasteiger partial charge is 0.407 e. The third-order valence-corrected chi connectivity index (χ3v) is 2.57. The predicted molar refractivity (Wildman–Crippen MR) is 78.1 cm³/mol. The summed E-state index contributed by atoms with van der Waals surface area (Å²) in [5.41, 5.74) is 0.424. The van der Waals surface area contributed by atoms with Crippen LogP contribution in [0.4, 0.5) is 9.18 Å². The lowest BCUT2D eigenvalue weighted by Gasteiger charge is -2.23. The highest BCUT2D eigenvalue weighted by Crippen LogP contribution is 2.11. The quantitative estimate of drug-likeness (QED) is 0.832. The van der Waals surface area contributed by atoms with Gasteiger partial charge in [-0.25, -0.2) is 9.18 Å². The van der Waals surface area contributed by atoms with E-state index in [2.05, 4.69) is 11.9 Å². The van der Waals surface area contributed by atoms with Crippen LogP contribution in [0.1, 0.15) is 32.8 Å². The summed E-state index contributed by atoms with van der Waals surface area (Å²) in [5, 5.41) is 2.81. The lowest BCUT2D eigenvalue weighted by molar-refractivity contribution is 0.0504. The fourth-order valence-corrected chi connectivity index (χ4v) is 1.77. The largest absolute Gasteiger partial charge is 0.444 e. The van der Waals surface area contributed by atoms with Crippen molar-refractivity contribution in [3.8, 4) is 0 Å². The molecule has 20 heavy (non-hydrogen) atoms. The molecule has 1 N–H and O–H groups in total. The first kappa shape index (κ1) is 16.2. The van der Waals surface area contributed by atoms with E-state index in [-0.39, 0.29) is 11.9 Å². The molecule has 1 amide bonds. The normalized spacial score (nSPS) is 12.6. The molecule has 1 aromatic carbocycles. The molecule has 0 heterocycles. The van der Waals surface area contributed by atoms with E-state index >= 15 is 0 Å². The minimum absolute atomic E-state index is 0.118. The van der Waals surface area contributed by atoms with Crippen LogP contribution in [-0.2, 0) is 11.2 Å². The lowest BCUT2D eigenvalue weighted by Crippen LogP contribution is -2.40. The fraction of sp³-hybridized carbons (Fsp3) is 0.438. The summed E-state index contributed by atoms with van der Waals surface area (Å²) >= 11 is 0. The molecule has 0 aliphatic heterocycles. The summed E-state index contributed by atoms with van der Waals surface area (Å²) in [4.78, 5) is 11.8. The molecule has 1 rings (SSSR count). The average molecular weight is 279 g/mol. The molecule has 110 valence electrons. The first-order chi connectivity index (χ1) is 9.30. The molecule has 0 fully saturated rings. The Labute approximate surface area is 119 Å². The number of benzene rings is 1. The molecule has 0 unspecified atom stereocenters. The zero-order valence-electron chi connectivity index (χ0n) is 12.3. The molecular weight excluding hydrogens is 257 g/mol.